The fourth-order valence-corrected chi connectivity index (χ4v) is 2.14. The van der Waals surface area contributed by atoms with Gasteiger partial charge >= 0.3 is 12.1 Å². The molecule has 0 aliphatic heterocycles. The summed E-state index contributed by atoms with van der Waals surface area (Å²) >= 11 is 0. The Morgan fingerprint density at radius 2 is 1.92 bits per heavy atom. The van der Waals surface area contributed by atoms with Crippen LogP contribution in [0.3, 0.4) is 0 Å². The molecule has 0 aliphatic carbocycles. The molecule has 1 aromatic carbocycles. The van der Waals surface area contributed by atoms with Crippen LogP contribution in [-0.4, -0.2) is 39.0 Å². The highest BCUT2D eigenvalue weighted by Crippen LogP contribution is 2.20. The van der Waals surface area contributed by atoms with Crippen LogP contribution in [0.5, 0.6) is 0 Å². The van der Waals surface area contributed by atoms with E-state index in [4.69, 9.17) is 0 Å². The van der Waals surface area contributed by atoms with Gasteiger partial charge in [0.25, 0.3) is 5.91 Å². The summed E-state index contributed by atoms with van der Waals surface area (Å²) in [4.78, 5) is 23.4. The minimum atomic E-state index is -4.32. The van der Waals surface area contributed by atoms with Gasteiger partial charge < -0.3 is 10.4 Å². The monoisotopic (exact) mass is 355 g/mol. The zero-order chi connectivity index (χ0) is 18.4. The highest BCUT2D eigenvalue weighted by Gasteiger charge is 2.27. The Balaban J connectivity index is 1.99. The summed E-state index contributed by atoms with van der Waals surface area (Å²) < 4.78 is 37.6. The first-order chi connectivity index (χ1) is 11.7. The third-order valence-electron chi connectivity index (χ3n) is 3.41. The first-order valence-corrected chi connectivity index (χ1v) is 7.41. The first-order valence-electron chi connectivity index (χ1n) is 7.41. The van der Waals surface area contributed by atoms with Gasteiger partial charge in [-0.05, 0) is 5.56 Å². The Labute approximate surface area is 141 Å². The summed E-state index contributed by atoms with van der Waals surface area (Å²) in [6.07, 6.45) is -3.04. The Hall–Kier alpha value is -2.84. The van der Waals surface area contributed by atoms with E-state index in [0.717, 1.165) is 22.6 Å². The van der Waals surface area contributed by atoms with Crippen molar-refractivity contribution in [3.8, 4) is 0 Å². The molecule has 6 nitrogen and oxygen atoms in total. The number of rotatable bonds is 7. The number of aromatic nitrogens is 2. The maximum Gasteiger partial charge on any atom is 0.390 e. The van der Waals surface area contributed by atoms with Gasteiger partial charge in [-0.25, -0.2) is 4.79 Å². The molecule has 1 aromatic heterocycles. The summed E-state index contributed by atoms with van der Waals surface area (Å²) in [6, 6.07) is 7.59. The van der Waals surface area contributed by atoms with Crippen LogP contribution in [0, 0.1) is 0 Å². The predicted molar refractivity (Wildman–Crippen MR) is 81.9 cm³/mol. The molecule has 1 heterocycles. The first kappa shape index (κ1) is 18.5. The molecule has 9 heteroatoms. The second kappa shape index (κ2) is 7.82. The zero-order valence-electron chi connectivity index (χ0n) is 13.0. The number of halogens is 3. The van der Waals surface area contributed by atoms with Gasteiger partial charge in [-0.15, -0.1) is 0 Å². The van der Waals surface area contributed by atoms with Crippen LogP contribution in [0.15, 0.2) is 42.7 Å². The van der Waals surface area contributed by atoms with Gasteiger partial charge in [0.2, 0.25) is 0 Å². The van der Waals surface area contributed by atoms with Crippen LogP contribution in [0.25, 0.3) is 0 Å². The van der Waals surface area contributed by atoms with Gasteiger partial charge in [0.15, 0.2) is 0 Å². The van der Waals surface area contributed by atoms with Crippen LogP contribution in [0.4, 0.5) is 13.2 Å². The zero-order valence-corrected chi connectivity index (χ0v) is 13.0. The SMILES string of the molecule is O=C(N[C@@H](Cc1ccccc1)C(=O)O)c1cnn(CCC(F)(F)F)c1. The van der Waals surface area contributed by atoms with Crippen LogP contribution in [0.2, 0.25) is 0 Å². The maximum atomic E-state index is 12.2. The molecule has 134 valence electrons. The third-order valence-corrected chi connectivity index (χ3v) is 3.41. The average molecular weight is 355 g/mol. The van der Waals surface area contributed by atoms with Crippen molar-refractivity contribution < 1.29 is 27.9 Å². The van der Waals surface area contributed by atoms with Gasteiger partial charge in [-0.3, -0.25) is 9.48 Å². The van der Waals surface area contributed by atoms with Gasteiger partial charge in [-0.1, -0.05) is 30.3 Å². The average Bonchev–Trinajstić information content (AvgIpc) is 3.01. The van der Waals surface area contributed by atoms with Gasteiger partial charge in [0.1, 0.15) is 6.04 Å². The van der Waals surface area contributed by atoms with E-state index < -0.39 is 37.1 Å². The van der Waals surface area contributed by atoms with Crippen LogP contribution in [0.1, 0.15) is 22.3 Å². The molecule has 0 aliphatic rings. The maximum absolute atomic E-state index is 12.2. The number of hydrogen-bond donors (Lipinski definition) is 2. The molecular weight excluding hydrogens is 339 g/mol. The molecule has 2 aromatic rings. The van der Waals surface area contributed by atoms with E-state index in [1.54, 1.807) is 30.3 Å². The molecule has 0 saturated heterocycles. The lowest BCUT2D eigenvalue weighted by Crippen LogP contribution is -2.42. The minimum absolute atomic E-state index is 0.00138. The Bertz CT molecular complexity index is 729. The summed E-state index contributed by atoms with van der Waals surface area (Å²) in [5, 5.41) is 15.3. The lowest BCUT2D eigenvalue weighted by molar-refractivity contribution is -0.139. The van der Waals surface area contributed by atoms with E-state index >= 15 is 0 Å². The molecule has 0 spiro atoms. The van der Waals surface area contributed by atoms with Crippen molar-refractivity contribution in [1.82, 2.24) is 15.1 Å². The summed E-state index contributed by atoms with van der Waals surface area (Å²) in [5.74, 6) is -1.91. The normalized spacial score (nSPS) is 12.6. The largest absolute Gasteiger partial charge is 0.480 e. The van der Waals surface area contributed by atoms with Crippen molar-refractivity contribution >= 4 is 11.9 Å². The fraction of sp³-hybridized carbons (Fsp3) is 0.312. The predicted octanol–water partition coefficient (Wildman–Crippen LogP) is 2.26. The second-order valence-electron chi connectivity index (χ2n) is 5.41. The van der Waals surface area contributed by atoms with E-state index in [2.05, 4.69) is 10.4 Å². The van der Waals surface area contributed by atoms with Crippen molar-refractivity contribution in [2.24, 2.45) is 0 Å². The number of nitrogens with one attached hydrogen (secondary N) is 1. The number of carbonyl (C=O) groups is 2. The Kier molecular flexibility index (Phi) is 5.79. The number of alkyl halides is 3. The molecule has 0 fully saturated rings. The quantitative estimate of drug-likeness (QED) is 0.798. The van der Waals surface area contributed by atoms with Crippen LogP contribution >= 0.6 is 0 Å². The van der Waals surface area contributed by atoms with Gasteiger partial charge in [-0.2, -0.15) is 18.3 Å². The number of aryl methyl sites for hydroxylation is 1. The molecule has 2 N–H and O–H groups in total. The summed E-state index contributed by atoms with van der Waals surface area (Å²) in [6.45, 7) is -0.414. The van der Waals surface area contributed by atoms with Crippen molar-refractivity contribution in [3.05, 3.63) is 53.9 Å². The molecule has 1 atom stereocenters. The Morgan fingerprint density at radius 3 is 2.52 bits per heavy atom. The van der Waals surface area contributed by atoms with E-state index in [-0.39, 0.29) is 12.0 Å². The molecule has 0 saturated carbocycles. The van der Waals surface area contributed by atoms with Gasteiger partial charge in [0.05, 0.1) is 18.2 Å². The van der Waals surface area contributed by atoms with Crippen LogP contribution < -0.4 is 5.32 Å². The number of aliphatic carboxylic acids is 1. The van der Waals surface area contributed by atoms with Crippen molar-refractivity contribution in [2.75, 3.05) is 0 Å². The second-order valence-corrected chi connectivity index (χ2v) is 5.41. The van der Waals surface area contributed by atoms with Crippen molar-refractivity contribution in [2.45, 2.75) is 31.6 Å². The number of amides is 1. The molecular formula is C16H16F3N3O3. The Morgan fingerprint density at radius 1 is 1.24 bits per heavy atom. The van der Waals surface area contributed by atoms with E-state index in [9.17, 15) is 27.9 Å². The lowest BCUT2D eigenvalue weighted by Gasteiger charge is -2.14. The standard InChI is InChI=1S/C16H16F3N3O3/c17-16(18,19)6-7-22-10-12(9-20-22)14(23)21-13(15(24)25)8-11-4-2-1-3-5-11/h1-5,9-10,13H,6-8H2,(H,21,23)(H,24,25)/t13-/m0/s1. The smallest absolute Gasteiger partial charge is 0.390 e. The van der Waals surface area contributed by atoms with Crippen LogP contribution in [-0.2, 0) is 17.8 Å². The highest BCUT2D eigenvalue weighted by atomic mass is 19.4. The molecule has 1 amide bonds. The number of hydrogen-bond acceptors (Lipinski definition) is 3. The molecule has 0 unspecified atom stereocenters. The number of carboxylic acids is 1. The summed E-state index contributed by atoms with van der Waals surface area (Å²) in [5.41, 5.74) is 0.734. The number of nitrogens with zero attached hydrogens (tertiary/aromatic N) is 2. The molecule has 25 heavy (non-hydrogen) atoms. The van der Waals surface area contributed by atoms with Crippen molar-refractivity contribution in [3.63, 3.8) is 0 Å². The number of carboxylic acid groups (broad SMARTS) is 1. The highest BCUT2D eigenvalue weighted by molar-refractivity contribution is 5.96. The minimum Gasteiger partial charge on any atom is -0.480 e. The molecule has 0 bridgehead atoms. The van der Waals surface area contributed by atoms with Gasteiger partial charge in [0, 0.05) is 19.2 Å². The third kappa shape index (κ3) is 5.94. The fourth-order valence-electron chi connectivity index (χ4n) is 2.14. The molecule has 0 radical (unpaired) electrons. The van der Waals surface area contributed by atoms with E-state index in [1.807, 2.05) is 0 Å². The van der Waals surface area contributed by atoms with E-state index in [1.165, 1.54) is 0 Å². The van der Waals surface area contributed by atoms with E-state index in [0.29, 0.717) is 0 Å². The number of benzene rings is 1. The molecule has 2 rings (SSSR count). The summed E-state index contributed by atoms with van der Waals surface area (Å²) in [7, 11) is 0. The lowest BCUT2D eigenvalue weighted by atomic mass is 10.1. The topological polar surface area (TPSA) is 84.2 Å². The van der Waals surface area contributed by atoms with Crippen molar-refractivity contribution in [1.29, 1.82) is 0 Å². The number of carbonyl (C=O) groups excluding carboxylic acids is 1.